The van der Waals surface area contributed by atoms with E-state index in [1.807, 2.05) is 6.92 Å². The Labute approximate surface area is 87.7 Å². The molecule has 14 heavy (non-hydrogen) atoms. The van der Waals surface area contributed by atoms with Crippen molar-refractivity contribution in [2.24, 2.45) is 5.92 Å². The van der Waals surface area contributed by atoms with Gasteiger partial charge in [-0.25, -0.2) is 0 Å². The molecule has 0 aliphatic carbocycles. The Hall–Kier alpha value is -0.120. The SMILES string of the molecule is CC(O)CN1CCC(CN(C)C)CC1. The van der Waals surface area contributed by atoms with Crippen LogP contribution < -0.4 is 0 Å². The number of nitrogens with zero attached hydrogens (tertiary/aromatic N) is 2. The van der Waals surface area contributed by atoms with Crippen molar-refractivity contribution in [2.75, 3.05) is 40.3 Å². The number of piperidine rings is 1. The third-order valence-electron chi connectivity index (χ3n) is 2.85. The van der Waals surface area contributed by atoms with Crippen molar-refractivity contribution in [1.82, 2.24) is 9.80 Å². The second-order valence-electron chi connectivity index (χ2n) is 4.86. The lowest BCUT2D eigenvalue weighted by atomic mass is 9.96. The summed E-state index contributed by atoms with van der Waals surface area (Å²) < 4.78 is 0. The minimum absolute atomic E-state index is 0.180. The van der Waals surface area contributed by atoms with Gasteiger partial charge in [-0.05, 0) is 52.9 Å². The summed E-state index contributed by atoms with van der Waals surface area (Å²) in [4.78, 5) is 4.64. The van der Waals surface area contributed by atoms with Crippen molar-refractivity contribution >= 4 is 0 Å². The van der Waals surface area contributed by atoms with Gasteiger partial charge in [0.2, 0.25) is 0 Å². The predicted octanol–water partition coefficient (Wildman–Crippen LogP) is 0.641. The standard InChI is InChI=1S/C11H24N2O/c1-10(14)8-13-6-4-11(5-7-13)9-12(2)3/h10-11,14H,4-9H2,1-3H3. The summed E-state index contributed by atoms with van der Waals surface area (Å²) in [5, 5.41) is 9.27. The lowest BCUT2D eigenvalue weighted by molar-refractivity contribution is 0.0946. The molecule has 1 atom stereocenters. The molecule has 0 aromatic rings. The molecule has 0 spiro atoms. The third-order valence-corrected chi connectivity index (χ3v) is 2.85. The molecular weight excluding hydrogens is 176 g/mol. The van der Waals surface area contributed by atoms with E-state index in [0.717, 1.165) is 25.6 Å². The monoisotopic (exact) mass is 200 g/mol. The average molecular weight is 200 g/mol. The maximum Gasteiger partial charge on any atom is 0.0639 e. The van der Waals surface area contributed by atoms with E-state index in [1.165, 1.54) is 19.4 Å². The van der Waals surface area contributed by atoms with Crippen LogP contribution in [0.2, 0.25) is 0 Å². The third kappa shape index (κ3) is 4.40. The normalized spacial score (nSPS) is 22.9. The first-order chi connectivity index (χ1) is 6.58. The summed E-state index contributed by atoms with van der Waals surface area (Å²) in [6, 6.07) is 0. The van der Waals surface area contributed by atoms with Gasteiger partial charge in [0, 0.05) is 13.1 Å². The molecule has 3 heteroatoms. The average Bonchev–Trinajstić information content (AvgIpc) is 2.06. The number of likely N-dealkylation sites (tertiary alicyclic amines) is 1. The smallest absolute Gasteiger partial charge is 0.0639 e. The number of rotatable bonds is 4. The van der Waals surface area contributed by atoms with E-state index < -0.39 is 0 Å². The highest BCUT2D eigenvalue weighted by atomic mass is 16.3. The predicted molar refractivity (Wildman–Crippen MR) is 59.4 cm³/mol. The molecule has 1 aliphatic rings. The Bertz CT molecular complexity index is 133. The van der Waals surface area contributed by atoms with Crippen LogP contribution in [0, 0.1) is 5.92 Å². The largest absolute Gasteiger partial charge is 0.392 e. The fourth-order valence-electron chi connectivity index (χ4n) is 2.24. The van der Waals surface area contributed by atoms with Crippen molar-refractivity contribution < 1.29 is 5.11 Å². The number of aliphatic hydroxyl groups excluding tert-OH is 1. The van der Waals surface area contributed by atoms with E-state index in [-0.39, 0.29) is 6.10 Å². The molecule has 0 aromatic carbocycles. The van der Waals surface area contributed by atoms with Gasteiger partial charge in [0.15, 0.2) is 0 Å². The highest BCUT2D eigenvalue weighted by Crippen LogP contribution is 2.17. The topological polar surface area (TPSA) is 26.7 Å². The van der Waals surface area contributed by atoms with E-state index in [9.17, 15) is 5.11 Å². The molecule has 0 bridgehead atoms. The zero-order valence-corrected chi connectivity index (χ0v) is 9.74. The molecule has 0 radical (unpaired) electrons. The molecule has 0 aromatic heterocycles. The van der Waals surface area contributed by atoms with E-state index in [0.29, 0.717) is 0 Å². The molecule has 0 amide bonds. The molecule has 1 aliphatic heterocycles. The van der Waals surface area contributed by atoms with Gasteiger partial charge >= 0.3 is 0 Å². The molecule has 1 fully saturated rings. The molecule has 1 N–H and O–H groups in total. The van der Waals surface area contributed by atoms with Crippen LogP contribution in [0.25, 0.3) is 0 Å². The van der Waals surface area contributed by atoms with Crippen LogP contribution in [-0.2, 0) is 0 Å². The number of β-amino-alcohol motifs (C(OH)–C–C–N with tert-alkyl or cyclic N) is 1. The summed E-state index contributed by atoms with van der Waals surface area (Å²) >= 11 is 0. The number of hydrogen-bond acceptors (Lipinski definition) is 3. The Morgan fingerprint density at radius 1 is 1.36 bits per heavy atom. The quantitative estimate of drug-likeness (QED) is 0.721. The van der Waals surface area contributed by atoms with Crippen LogP contribution in [0.1, 0.15) is 19.8 Å². The number of aliphatic hydroxyl groups is 1. The second kappa shape index (κ2) is 5.69. The van der Waals surface area contributed by atoms with Gasteiger partial charge in [0.1, 0.15) is 0 Å². The molecule has 0 saturated carbocycles. The van der Waals surface area contributed by atoms with Crippen LogP contribution >= 0.6 is 0 Å². The van der Waals surface area contributed by atoms with Crippen LogP contribution in [0.4, 0.5) is 0 Å². The Kier molecular flexibility index (Phi) is 4.85. The molecular formula is C11H24N2O. The van der Waals surface area contributed by atoms with Crippen molar-refractivity contribution in [1.29, 1.82) is 0 Å². The van der Waals surface area contributed by atoms with E-state index in [4.69, 9.17) is 0 Å². The van der Waals surface area contributed by atoms with Gasteiger partial charge in [0.25, 0.3) is 0 Å². The van der Waals surface area contributed by atoms with Crippen LogP contribution in [0.5, 0.6) is 0 Å². The fourth-order valence-corrected chi connectivity index (χ4v) is 2.24. The Morgan fingerprint density at radius 3 is 2.36 bits per heavy atom. The van der Waals surface area contributed by atoms with Gasteiger partial charge in [-0.15, -0.1) is 0 Å². The van der Waals surface area contributed by atoms with Crippen molar-refractivity contribution in [3.8, 4) is 0 Å². The van der Waals surface area contributed by atoms with E-state index in [2.05, 4.69) is 23.9 Å². The van der Waals surface area contributed by atoms with Crippen molar-refractivity contribution in [3.05, 3.63) is 0 Å². The minimum atomic E-state index is -0.180. The molecule has 3 nitrogen and oxygen atoms in total. The summed E-state index contributed by atoms with van der Waals surface area (Å²) in [5.74, 6) is 0.857. The zero-order chi connectivity index (χ0) is 10.6. The summed E-state index contributed by atoms with van der Waals surface area (Å²) in [6.07, 6.45) is 2.39. The molecule has 1 unspecified atom stereocenters. The lowest BCUT2D eigenvalue weighted by Crippen LogP contribution is -2.40. The summed E-state index contributed by atoms with van der Waals surface area (Å²) in [5.41, 5.74) is 0. The van der Waals surface area contributed by atoms with Crippen LogP contribution in [-0.4, -0.2) is 61.3 Å². The first kappa shape index (κ1) is 12.0. The molecule has 84 valence electrons. The van der Waals surface area contributed by atoms with Gasteiger partial charge in [-0.2, -0.15) is 0 Å². The fraction of sp³-hybridized carbons (Fsp3) is 1.00. The first-order valence-corrected chi connectivity index (χ1v) is 5.63. The molecule has 1 heterocycles. The maximum atomic E-state index is 9.27. The van der Waals surface area contributed by atoms with E-state index >= 15 is 0 Å². The van der Waals surface area contributed by atoms with Gasteiger partial charge in [-0.1, -0.05) is 0 Å². The lowest BCUT2D eigenvalue weighted by Gasteiger charge is -2.33. The van der Waals surface area contributed by atoms with Crippen LogP contribution in [0.3, 0.4) is 0 Å². The zero-order valence-electron chi connectivity index (χ0n) is 9.74. The van der Waals surface area contributed by atoms with Gasteiger partial charge in [-0.3, -0.25) is 0 Å². The minimum Gasteiger partial charge on any atom is -0.392 e. The van der Waals surface area contributed by atoms with E-state index in [1.54, 1.807) is 0 Å². The van der Waals surface area contributed by atoms with Crippen molar-refractivity contribution in [3.63, 3.8) is 0 Å². The van der Waals surface area contributed by atoms with Gasteiger partial charge < -0.3 is 14.9 Å². The summed E-state index contributed by atoms with van der Waals surface area (Å²) in [6.45, 7) is 6.23. The second-order valence-corrected chi connectivity index (χ2v) is 4.86. The molecule has 1 rings (SSSR count). The maximum absolute atomic E-state index is 9.27. The van der Waals surface area contributed by atoms with Crippen molar-refractivity contribution in [2.45, 2.75) is 25.9 Å². The Morgan fingerprint density at radius 2 is 1.93 bits per heavy atom. The number of hydrogen-bond donors (Lipinski definition) is 1. The summed E-state index contributed by atoms with van der Waals surface area (Å²) in [7, 11) is 4.28. The first-order valence-electron chi connectivity index (χ1n) is 5.63. The highest BCUT2D eigenvalue weighted by molar-refractivity contribution is 4.74. The Balaban J connectivity index is 2.17. The molecule has 1 saturated heterocycles. The van der Waals surface area contributed by atoms with Gasteiger partial charge in [0.05, 0.1) is 6.10 Å². The highest BCUT2D eigenvalue weighted by Gasteiger charge is 2.19. The van der Waals surface area contributed by atoms with Crippen LogP contribution in [0.15, 0.2) is 0 Å².